The molecule has 2 amide bonds. The van der Waals surface area contributed by atoms with Crippen LogP contribution in [0.25, 0.3) is 0 Å². The van der Waals surface area contributed by atoms with Gasteiger partial charge in [-0.05, 0) is 38.6 Å². The predicted octanol–water partition coefficient (Wildman–Crippen LogP) is 1.41. The molecular formula is C19H29N5O3S. The highest BCUT2D eigenvalue weighted by Gasteiger charge is 2.33. The monoisotopic (exact) mass is 407 g/mol. The molecule has 9 heteroatoms. The summed E-state index contributed by atoms with van der Waals surface area (Å²) in [5.74, 6) is -0.218. The zero-order valence-electron chi connectivity index (χ0n) is 16.8. The van der Waals surface area contributed by atoms with Crippen molar-refractivity contribution >= 4 is 29.3 Å². The van der Waals surface area contributed by atoms with E-state index in [1.807, 2.05) is 56.0 Å². The molecule has 1 heterocycles. The van der Waals surface area contributed by atoms with E-state index in [1.165, 1.54) is 0 Å². The van der Waals surface area contributed by atoms with Gasteiger partial charge in [-0.2, -0.15) is 0 Å². The van der Waals surface area contributed by atoms with Gasteiger partial charge in [0.2, 0.25) is 5.91 Å². The molecule has 3 N–H and O–H groups in total. The molecular weight excluding hydrogens is 378 g/mol. The van der Waals surface area contributed by atoms with Crippen molar-refractivity contribution in [1.29, 1.82) is 0 Å². The Morgan fingerprint density at radius 2 is 1.71 bits per heavy atom. The van der Waals surface area contributed by atoms with Crippen LogP contribution >= 0.6 is 12.2 Å². The fourth-order valence-electron chi connectivity index (χ4n) is 2.98. The summed E-state index contributed by atoms with van der Waals surface area (Å²) in [6.45, 7) is 7.63. The number of amides is 2. The number of ether oxygens (including phenoxy) is 1. The number of hydrogen-bond donors (Lipinski definition) is 3. The Labute approximate surface area is 171 Å². The van der Waals surface area contributed by atoms with Gasteiger partial charge in [0.25, 0.3) is 0 Å². The van der Waals surface area contributed by atoms with Gasteiger partial charge in [0.1, 0.15) is 11.6 Å². The van der Waals surface area contributed by atoms with Gasteiger partial charge in [0.15, 0.2) is 5.11 Å². The number of hydrogen-bond acceptors (Lipinski definition) is 6. The standard InChI is InChI=1S/C19H29N5O3S/c1-19(2,3)27-18(26)24-12-10-23(11-13-24)15(14-8-6-5-7-9-14)16(25)21-17(28)22-20-4/h5-9,15,20H,10-13H2,1-4H3,(H2,21,22,25,28). The van der Waals surface area contributed by atoms with Gasteiger partial charge >= 0.3 is 6.09 Å². The highest BCUT2D eigenvalue weighted by Crippen LogP contribution is 2.23. The van der Waals surface area contributed by atoms with Gasteiger partial charge < -0.3 is 15.0 Å². The van der Waals surface area contributed by atoms with Crippen molar-refractivity contribution in [2.24, 2.45) is 0 Å². The molecule has 28 heavy (non-hydrogen) atoms. The van der Waals surface area contributed by atoms with Crippen molar-refractivity contribution < 1.29 is 14.3 Å². The maximum Gasteiger partial charge on any atom is 0.410 e. The summed E-state index contributed by atoms with van der Waals surface area (Å²) in [5, 5.41) is 2.92. The molecule has 1 aliphatic rings. The summed E-state index contributed by atoms with van der Waals surface area (Å²) in [6.07, 6.45) is -0.327. The molecule has 2 rings (SSSR count). The van der Waals surface area contributed by atoms with Crippen LogP contribution < -0.4 is 16.2 Å². The molecule has 0 aromatic heterocycles. The van der Waals surface area contributed by atoms with Gasteiger partial charge in [-0.15, -0.1) is 0 Å². The van der Waals surface area contributed by atoms with Gasteiger partial charge in [-0.25, -0.2) is 10.2 Å². The normalized spacial score (nSPS) is 16.2. The third kappa shape index (κ3) is 6.43. The second kappa shape index (κ2) is 9.81. The summed E-state index contributed by atoms with van der Waals surface area (Å²) in [6, 6.07) is 9.04. The second-order valence-electron chi connectivity index (χ2n) is 7.51. The molecule has 8 nitrogen and oxygen atoms in total. The lowest BCUT2D eigenvalue weighted by Crippen LogP contribution is -2.54. The van der Waals surface area contributed by atoms with Gasteiger partial charge in [-0.3, -0.25) is 15.1 Å². The van der Waals surface area contributed by atoms with Crippen molar-refractivity contribution in [2.45, 2.75) is 32.4 Å². The van der Waals surface area contributed by atoms with Crippen molar-refractivity contribution in [3.05, 3.63) is 35.9 Å². The molecule has 1 aliphatic heterocycles. The van der Waals surface area contributed by atoms with E-state index in [0.717, 1.165) is 5.56 Å². The van der Waals surface area contributed by atoms with Gasteiger partial charge in [-0.1, -0.05) is 30.3 Å². The zero-order chi connectivity index (χ0) is 20.7. The van der Waals surface area contributed by atoms with Crippen LogP contribution in [0.1, 0.15) is 32.4 Å². The number of carbonyl (C=O) groups excluding carboxylic acids is 2. The van der Waals surface area contributed by atoms with Gasteiger partial charge in [0.05, 0.1) is 0 Å². The summed E-state index contributed by atoms with van der Waals surface area (Å²) in [7, 11) is 1.67. The van der Waals surface area contributed by atoms with E-state index in [4.69, 9.17) is 17.0 Å². The van der Waals surface area contributed by atoms with Crippen molar-refractivity contribution in [2.75, 3.05) is 33.2 Å². The number of piperazine rings is 1. The number of rotatable bonds is 4. The Morgan fingerprint density at radius 1 is 1.11 bits per heavy atom. The lowest BCUT2D eigenvalue weighted by molar-refractivity contribution is -0.126. The Balaban J connectivity index is 2.08. The van der Waals surface area contributed by atoms with Crippen LogP contribution in [0.15, 0.2) is 30.3 Å². The molecule has 1 fully saturated rings. The third-order valence-corrected chi connectivity index (χ3v) is 4.37. The lowest BCUT2D eigenvalue weighted by atomic mass is 10.0. The maximum absolute atomic E-state index is 12.9. The van der Waals surface area contributed by atoms with E-state index >= 15 is 0 Å². The summed E-state index contributed by atoms with van der Waals surface area (Å²) in [5.41, 5.74) is 5.72. The predicted molar refractivity (Wildman–Crippen MR) is 111 cm³/mol. The van der Waals surface area contributed by atoms with E-state index in [1.54, 1.807) is 11.9 Å². The molecule has 1 aromatic rings. The SMILES string of the molecule is CNNC(=S)NC(=O)C(c1ccccc1)N1CCN(C(=O)OC(C)(C)C)CC1. The number of thiocarbonyl (C=S) groups is 1. The number of carbonyl (C=O) groups is 2. The largest absolute Gasteiger partial charge is 0.444 e. The smallest absolute Gasteiger partial charge is 0.410 e. The van der Waals surface area contributed by atoms with Crippen LogP contribution in [0, 0.1) is 0 Å². The first kappa shape index (κ1) is 22.1. The topological polar surface area (TPSA) is 85.9 Å². The van der Waals surface area contributed by atoms with E-state index in [9.17, 15) is 9.59 Å². The minimum absolute atomic E-state index is 0.209. The number of hydrazine groups is 1. The molecule has 154 valence electrons. The molecule has 1 atom stereocenters. The summed E-state index contributed by atoms with van der Waals surface area (Å²) < 4.78 is 5.44. The van der Waals surface area contributed by atoms with Crippen LogP contribution in [-0.2, 0) is 9.53 Å². The van der Waals surface area contributed by atoms with E-state index < -0.39 is 11.6 Å². The first-order chi connectivity index (χ1) is 13.2. The third-order valence-electron chi connectivity index (χ3n) is 4.17. The van der Waals surface area contributed by atoms with E-state index in [2.05, 4.69) is 16.2 Å². The average Bonchev–Trinajstić information content (AvgIpc) is 2.62. The summed E-state index contributed by atoms with van der Waals surface area (Å²) in [4.78, 5) is 28.9. The minimum Gasteiger partial charge on any atom is -0.444 e. The Kier molecular flexibility index (Phi) is 7.73. The van der Waals surface area contributed by atoms with Crippen molar-refractivity contribution in [3.8, 4) is 0 Å². The first-order valence-electron chi connectivity index (χ1n) is 9.26. The highest BCUT2D eigenvalue weighted by atomic mass is 32.1. The number of nitrogens with zero attached hydrogens (tertiary/aromatic N) is 2. The molecule has 0 radical (unpaired) electrons. The molecule has 1 saturated heterocycles. The molecule has 1 unspecified atom stereocenters. The van der Waals surface area contributed by atoms with E-state index in [0.29, 0.717) is 26.2 Å². The molecule has 0 spiro atoms. The fraction of sp³-hybridized carbons (Fsp3) is 0.526. The Bertz CT molecular complexity index is 685. The quantitative estimate of drug-likeness (QED) is 0.514. The van der Waals surface area contributed by atoms with Crippen LogP contribution in [0.5, 0.6) is 0 Å². The van der Waals surface area contributed by atoms with Gasteiger partial charge in [0, 0.05) is 33.2 Å². The Morgan fingerprint density at radius 3 is 2.25 bits per heavy atom. The number of nitrogens with one attached hydrogen (secondary N) is 3. The zero-order valence-corrected chi connectivity index (χ0v) is 17.6. The highest BCUT2D eigenvalue weighted by molar-refractivity contribution is 7.80. The minimum atomic E-state index is -0.531. The van der Waals surface area contributed by atoms with E-state index in [-0.39, 0.29) is 17.1 Å². The first-order valence-corrected chi connectivity index (χ1v) is 9.66. The Hall–Kier alpha value is -2.23. The molecule has 1 aromatic carbocycles. The average molecular weight is 408 g/mol. The summed E-state index contributed by atoms with van der Waals surface area (Å²) >= 11 is 5.11. The number of benzene rings is 1. The van der Waals surface area contributed by atoms with Crippen LogP contribution in [0.3, 0.4) is 0 Å². The van der Waals surface area contributed by atoms with Crippen LogP contribution in [0.4, 0.5) is 4.79 Å². The van der Waals surface area contributed by atoms with Crippen molar-refractivity contribution in [1.82, 2.24) is 26.0 Å². The molecule has 0 aliphatic carbocycles. The maximum atomic E-state index is 12.9. The van der Waals surface area contributed by atoms with Crippen molar-refractivity contribution in [3.63, 3.8) is 0 Å². The molecule has 0 saturated carbocycles. The van der Waals surface area contributed by atoms with Crippen LogP contribution in [-0.4, -0.2) is 65.7 Å². The lowest BCUT2D eigenvalue weighted by Gasteiger charge is -2.39. The molecule has 0 bridgehead atoms. The van der Waals surface area contributed by atoms with Crippen LogP contribution in [0.2, 0.25) is 0 Å². The second-order valence-corrected chi connectivity index (χ2v) is 7.92. The fourth-order valence-corrected chi connectivity index (χ4v) is 3.18.